The fraction of sp³-hybridized carbons (Fsp3) is 0.294. The van der Waals surface area contributed by atoms with Crippen LogP contribution in [-0.4, -0.2) is 0 Å². The molecular formula is C17H19BrFN. The van der Waals surface area contributed by atoms with Gasteiger partial charge in [0, 0.05) is 10.0 Å². The molecule has 1 nitrogen and oxygen atoms in total. The molecule has 0 spiro atoms. The summed E-state index contributed by atoms with van der Waals surface area (Å²) in [5, 5.41) is 0. The second kappa shape index (κ2) is 5.66. The van der Waals surface area contributed by atoms with Gasteiger partial charge in [-0.3, -0.25) is 0 Å². The summed E-state index contributed by atoms with van der Waals surface area (Å²) in [7, 11) is 0. The summed E-state index contributed by atoms with van der Waals surface area (Å²) in [4.78, 5) is 0. The van der Waals surface area contributed by atoms with Gasteiger partial charge < -0.3 is 5.73 Å². The summed E-state index contributed by atoms with van der Waals surface area (Å²) in [5.74, 6) is -0.214. The highest BCUT2D eigenvalue weighted by molar-refractivity contribution is 9.10. The maximum atomic E-state index is 13.9. The first-order chi connectivity index (χ1) is 9.29. The molecule has 0 radical (unpaired) electrons. The Morgan fingerprint density at radius 2 is 1.80 bits per heavy atom. The minimum atomic E-state index is -0.597. The minimum Gasteiger partial charge on any atom is -0.321 e. The highest BCUT2D eigenvalue weighted by Gasteiger charge is 2.23. The number of hydrogen-bond acceptors (Lipinski definition) is 1. The van der Waals surface area contributed by atoms with Crippen LogP contribution in [0, 0.1) is 19.7 Å². The molecule has 0 saturated carbocycles. The Balaban J connectivity index is 2.34. The van der Waals surface area contributed by atoms with E-state index in [0.29, 0.717) is 12.0 Å². The van der Waals surface area contributed by atoms with Crippen molar-refractivity contribution >= 4 is 15.9 Å². The molecular weight excluding hydrogens is 317 g/mol. The van der Waals surface area contributed by atoms with Crippen molar-refractivity contribution in [3.8, 4) is 0 Å². The van der Waals surface area contributed by atoms with Gasteiger partial charge in [0.1, 0.15) is 5.82 Å². The normalized spacial score (nSPS) is 14.1. The maximum Gasteiger partial charge on any atom is 0.126 e. The van der Waals surface area contributed by atoms with Crippen molar-refractivity contribution in [2.45, 2.75) is 32.7 Å². The average molecular weight is 336 g/mol. The molecule has 0 aliphatic rings. The first kappa shape index (κ1) is 15.2. The van der Waals surface area contributed by atoms with E-state index in [1.807, 2.05) is 13.0 Å². The Kier molecular flexibility index (Phi) is 4.31. The average Bonchev–Trinajstić information content (AvgIpc) is 2.36. The largest absolute Gasteiger partial charge is 0.321 e. The maximum absolute atomic E-state index is 13.9. The monoisotopic (exact) mass is 335 g/mol. The smallest absolute Gasteiger partial charge is 0.126 e. The molecule has 0 fully saturated rings. The number of aryl methyl sites for hydroxylation is 2. The van der Waals surface area contributed by atoms with Crippen LogP contribution in [0.5, 0.6) is 0 Å². The summed E-state index contributed by atoms with van der Waals surface area (Å²) < 4.78 is 14.7. The lowest BCUT2D eigenvalue weighted by Crippen LogP contribution is -2.35. The lowest BCUT2D eigenvalue weighted by Gasteiger charge is -2.26. The van der Waals surface area contributed by atoms with Crippen LogP contribution in [0.4, 0.5) is 4.39 Å². The molecule has 2 rings (SSSR count). The molecule has 1 atom stereocenters. The van der Waals surface area contributed by atoms with Crippen LogP contribution >= 0.6 is 15.9 Å². The molecule has 0 saturated heterocycles. The van der Waals surface area contributed by atoms with Crippen LogP contribution in [0.2, 0.25) is 0 Å². The number of hydrogen-bond donors (Lipinski definition) is 1. The van der Waals surface area contributed by atoms with Crippen LogP contribution < -0.4 is 5.73 Å². The number of halogens is 2. The van der Waals surface area contributed by atoms with Crippen molar-refractivity contribution in [2.24, 2.45) is 5.73 Å². The highest BCUT2D eigenvalue weighted by Crippen LogP contribution is 2.27. The van der Waals surface area contributed by atoms with Crippen LogP contribution in [0.15, 0.2) is 40.9 Å². The van der Waals surface area contributed by atoms with Crippen LogP contribution in [0.3, 0.4) is 0 Å². The van der Waals surface area contributed by atoms with Gasteiger partial charge in [-0.05, 0) is 67.6 Å². The summed E-state index contributed by atoms with van der Waals surface area (Å²) in [6.45, 7) is 6.08. The second-order valence-electron chi connectivity index (χ2n) is 5.63. The first-order valence-electron chi connectivity index (χ1n) is 6.60. The third-order valence-electron chi connectivity index (χ3n) is 3.73. The Hall–Kier alpha value is -1.19. The molecule has 20 heavy (non-hydrogen) atoms. The van der Waals surface area contributed by atoms with Gasteiger partial charge in [0.15, 0.2) is 0 Å². The van der Waals surface area contributed by atoms with Crippen molar-refractivity contribution < 1.29 is 4.39 Å². The van der Waals surface area contributed by atoms with E-state index in [9.17, 15) is 4.39 Å². The lowest BCUT2D eigenvalue weighted by atomic mass is 9.85. The van der Waals surface area contributed by atoms with E-state index in [1.54, 1.807) is 12.1 Å². The highest BCUT2D eigenvalue weighted by atomic mass is 79.9. The van der Waals surface area contributed by atoms with E-state index in [0.717, 1.165) is 10.0 Å². The van der Waals surface area contributed by atoms with E-state index < -0.39 is 5.54 Å². The molecule has 106 valence electrons. The molecule has 1 unspecified atom stereocenters. The zero-order valence-corrected chi connectivity index (χ0v) is 13.6. The zero-order valence-electron chi connectivity index (χ0n) is 12.0. The van der Waals surface area contributed by atoms with Gasteiger partial charge in [-0.15, -0.1) is 0 Å². The first-order valence-corrected chi connectivity index (χ1v) is 7.39. The molecule has 0 heterocycles. The minimum absolute atomic E-state index is 0.214. The van der Waals surface area contributed by atoms with Gasteiger partial charge in [0.2, 0.25) is 0 Å². The van der Waals surface area contributed by atoms with Gasteiger partial charge in [0.25, 0.3) is 0 Å². The fourth-order valence-electron chi connectivity index (χ4n) is 2.27. The molecule has 3 heteroatoms. The Morgan fingerprint density at radius 3 is 2.45 bits per heavy atom. The number of benzene rings is 2. The summed E-state index contributed by atoms with van der Waals surface area (Å²) >= 11 is 3.37. The van der Waals surface area contributed by atoms with Crippen molar-refractivity contribution in [3.05, 3.63) is 68.9 Å². The summed E-state index contributed by atoms with van der Waals surface area (Å²) in [6, 6.07) is 11.1. The van der Waals surface area contributed by atoms with Crippen LogP contribution in [0.1, 0.15) is 29.2 Å². The number of nitrogens with two attached hydrogens (primary N) is 1. The number of rotatable bonds is 3. The molecule has 0 aromatic heterocycles. The van der Waals surface area contributed by atoms with Crippen molar-refractivity contribution in [3.63, 3.8) is 0 Å². The third kappa shape index (κ3) is 3.28. The second-order valence-corrected chi connectivity index (χ2v) is 6.54. The topological polar surface area (TPSA) is 26.0 Å². The van der Waals surface area contributed by atoms with E-state index in [4.69, 9.17) is 5.73 Å². The van der Waals surface area contributed by atoms with E-state index in [1.165, 1.54) is 17.2 Å². The Bertz CT molecular complexity index is 635. The lowest BCUT2D eigenvalue weighted by molar-refractivity contribution is 0.475. The van der Waals surface area contributed by atoms with E-state index >= 15 is 0 Å². The zero-order chi connectivity index (χ0) is 14.9. The SMILES string of the molecule is Cc1ccc(C(C)(N)Cc2cc(Br)ccc2F)cc1C. The third-order valence-corrected chi connectivity index (χ3v) is 4.23. The van der Waals surface area contributed by atoms with Crippen LogP contribution in [0.25, 0.3) is 0 Å². The Morgan fingerprint density at radius 1 is 1.10 bits per heavy atom. The van der Waals surface area contributed by atoms with Crippen molar-refractivity contribution in [2.75, 3.05) is 0 Å². The summed E-state index contributed by atoms with van der Waals surface area (Å²) in [6.07, 6.45) is 0.459. The predicted octanol–water partition coefficient (Wildman–Crippen LogP) is 4.62. The van der Waals surface area contributed by atoms with Gasteiger partial charge >= 0.3 is 0 Å². The van der Waals surface area contributed by atoms with Gasteiger partial charge in [-0.1, -0.05) is 34.1 Å². The Labute approximate surface area is 128 Å². The van der Waals surface area contributed by atoms with Gasteiger partial charge in [-0.25, -0.2) is 4.39 Å². The molecule has 0 amide bonds. The van der Waals surface area contributed by atoms with E-state index in [2.05, 4.69) is 41.9 Å². The summed E-state index contributed by atoms with van der Waals surface area (Å²) in [5.41, 5.74) is 9.92. The van der Waals surface area contributed by atoms with Crippen molar-refractivity contribution in [1.82, 2.24) is 0 Å². The molecule has 0 aliphatic carbocycles. The molecule has 0 bridgehead atoms. The quantitative estimate of drug-likeness (QED) is 0.869. The van der Waals surface area contributed by atoms with Gasteiger partial charge in [0.05, 0.1) is 0 Å². The van der Waals surface area contributed by atoms with Gasteiger partial charge in [-0.2, -0.15) is 0 Å². The fourth-order valence-corrected chi connectivity index (χ4v) is 2.68. The predicted molar refractivity (Wildman–Crippen MR) is 85.3 cm³/mol. The van der Waals surface area contributed by atoms with E-state index in [-0.39, 0.29) is 5.82 Å². The molecule has 2 aromatic carbocycles. The van der Waals surface area contributed by atoms with Crippen molar-refractivity contribution in [1.29, 1.82) is 0 Å². The molecule has 2 N–H and O–H groups in total. The van der Waals surface area contributed by atoms with Crippen LogP contribution in [-0.2, 0) is 12.0 Å². The molecule has 2 aromatic rings. The molecule has 0 aliphatic heterocycles. The standard InChI is InChI=1S/C17H19BrFN/c1-11-4-5-14(8-12(11)2)17(3,20)10-13-9-15(18)6-7-16(13)19/h4-9H,10,20H2,1-3H3.